The van der Waals surface area contributed by atoms with Crippen LogP contribution in [0.3, 0.4) is 0 Å². The minimum atomic E-state index is 0.479. The lowest BCUT2D eigenvalue weighted by molar-refractivity contribution is 0.241. The summed E-state index contributed by atoms with van der Waals surface area (Å²) in [4.78, 5) is 0. The molecule has 0 bridgehead atoms. The Labute approximate surface area is 93.3 Å². The highest BCUT2D eigenvalue weighted by atomic mass is 35.5. The van der Waals surface area contributed by atoms with Gasteiger partial charge in [0.15, 0.2) is 0 Å². The highest BCUT2D eigenvalue weighted by molar-refractivity contribution is 6.34. The average molecular weight is 235 g/mol. The number of ether oxygens (including phenoxy) is 1. The van der Waals surface area contributed by atoms with Gasteiger partial charge < -0.3 is 4.74 Å². The fraction of sp³-hybridized carbons (Fsp3) is 0.333. The molecule has 0 atom stereocenters. The van der Waals surface area contributed by atoms with Gasteiger partial charge in [0.1, 0.15) is 12.4 Å². The second kappa shape index (κ2) is 5.41. The molecule has 0 amide bonds. The number of rotatable bonds is 4. The third-order valence-corrected chi connectivity index (χ3v) is 2.14. The van der Waals surface area contributed by atoms with Crippen LogP contribution >= 0.6 is 23.2 Å². The molecule has 0 spiro atoms. The highest BCUT2D eigenvalue weighted by Gasteiger charge is 2.02. The molecule has 0 aliphatic carbocycles. The Balaban J connectivity index is 2.53. The van der Waals surface area contributed by atoms with E-state index < -0.39 is 0 Å². The maximum atomic E-state index is 5.88. The van der Waals surface area contributed by atoms with E-state index in [1.54, 1.807) is 30.3 Å². The molecule has 1 rings (SSSR count). The summed E-state index contributed by atoms with van der Waals surface area (Å²) >= 11 is 11.7. The first-order valence-corrected chi connectivity index (χ1v) is 4.89. The first kappa shape index (κ1) is 11.6. The number of nitrogens with two attached hydrogens (primary N) is 1. The predicted molar refractivity (Wildman–Crippen MR) is 58.8 cm³/mol. The molecule has 0 saturated heterocycles. The van der Waals surface area contributed by atoms with Crippen LogP contribution in [0.25, 0.3) is 0 Å². The Bertz CT molecular complexity index is 305. The van der Waals surface area contributed by atoms with E-state index in [9.17, 15) is 0 Å². The van der Waals surface area contributed by atoms with Crippen LogP contribution in [0.2, 0.25) is 10.0 Å². The zero-order chi connectivity index (χ0) is 10.6. The van der Waals surface area contributed by atoms with Crippen molar-refractivity contribution in [2.24, 2.45) is 5.84 Å². The number of likely N-dealkylation sites (N-methyl/N-ethyl adjacent to an activating group) is 1. The Morgan fingerprint density at radius 1 is 1.43 bits per heavy atom. The van der Waals surface area contributed by atoms with E-state index in [0.29, 0.717) is 28.9 Å². The number of hydrogen-bond acceptors (Lipinski definition) is 3. The molecule has 0 heterocycles. The van der Waals surface area contributed by atoms with Gasteiger partial charge in [0, 0.05) is 24.7 Å². The summed E-state index contributed by atoms with van der Waals surface area (Å²) in [5, 5.41) is 2.69. The van der Waals surface area contributed by atoms with Crippen LogP contribution in [0.15, 0.2) is 18.2 Å². The first-order chi connectivity index (χ1) is 6.59. The maximum Gasteiger partial charge on any atom is 0.139 e. The van der Waals surface area contributed by atoms with E-state index in [2.05, 4.69) is 0 Å². The normalized spacial score (nSPS) is 10.6. The van der Waals surface area contributed by atoms with Crippen LogP contribution in [-0.4, -0.2) is 25.2 Å². The molecule has 0 aliphatic rings. The first-order valence-electron chi connectivity index (χ1n) is 4.13. The zero-order valence-electron chi connectivity index (χ0n) is 7.84. The number of benzene rings is 1. The number of hydrazine groups is 1. The molecule has 0 aromatic heterocycles. The summed E-state index contributed by atoms with van der Waals surface area (Å²) in [7, 11) is 1.77. The van der Waals surface area contributed by atoms with Crippen molar-refractivity contribution in [2.75, 3.05) is 20.2 Å². The van der Waals surface area contributed by atoms with Crippen molar-refractivity contribution in [1.29, 1.82) is 0 Å². The van der Waals surface area contributed by atoms with Crippen LogP contribution in [-0.2, 0) is 0 Å². The lowest BCUT2D eigenvalue weighted by Gasteiger charge is -2.11. The van der Waals surface area contributed by atoms with Crippen molar-refractivity contribution < 1.29 is 4.74 Å². The van der Waals surface area contributed by atoms with Gasteiger partial charge in [-0.25, -0.2) is 5.01 Å². The predicted octanol–water partition coefficient (Wildman–Crippen LogP) is 2.18. The topological polar surface area (TPSA) is 38.5 Å². The van der Waals surface area contributed by atoms with Crippen molar-refractivity contribution in [3.8, 4) is 5.75 Å². The van der Waals surface area contributed by atoms with E-state index >= 15 is 0 Å². The summed E-state index contributed by atoms with van der Waals surface area (Å²) in [6.07, 6.45) is 0. The molecule has 5 heteroatoms. The molecule has 0 radical (unpaired) electrons. The molecular weight excluding hydrogens is 223 g/mol. The molecule has 0 aliphatic heterocycles. The van der Waals surface area contributed by atoms with Gasteiger partial charge in [-0.15, -0.1) is 0 Å². The van der Waals surface area contributed by atoms with Crippen LogP contribution in [0, 0.1) is 0 Å². The third kappa shape index (κ3) is 3.72. The number of halogens is 2. The summed E-state index contributed by atoms with van der Waals surface area (Å²) in [5.41, 5.74) is 0. The van der Waals surface area contributed by atoms with E-state index in [1.165, 1.54) is 0 Å². The van der Waals surface area contributed by atoms with Gasteiger partial charge in [-0.05, 0) is 12.1 Å². The van der Waals surface area contributed by atoms with Crippen molar-refractivity contribution in [1.82, 2.24) is 5.01 Å². The highest BCUT2D eigenvalue weighted by Crippen LogP contribution is 2.27. The molecule has 0 saturated carbocycles. The van der Waals surface area contributed by atoms with Gasteiger partial charge in [-0.2, -0.15) is 0 Å². The summed E-state index contributed by atoms with van der Waals surface area (Å²) in [5.74, 6) is 6.00. The van der Waals surface area contributed by atoms with Crippen LogP contribution < -0.4 is 10.6 Å². The standard InChI is InChI=1S/C9H12Cl2N2O/c1-13(12)4-5-14-9-6-7(10)2-3-8(9)11/h2-3,6H,4-5,12H2,1H3. The molecule has 0 fully saturated rings. The quantitative estimate of drug-likeness (QED) is 0.642. The second-order valence-electron chi connectivity index (χ2n) is 2.90. The van der Waals surface area contributed by atoms with Crippen molar-refractivity contribution in [2.45, 2.75) is 0 Å². The molecular formula is C9H12Cl2N2O. The summed E-state index contributed by atoms with van der Waals surface area (Å²) < 4.78 is 5.39. The van der Waals surface area contributed by atoms with Gasteiger partial charge in [0.05, 0.1) is 5.02 Å². The van der Waals surface area contributed by atoms with Gasteiger partial charge in [0.2, 0.25) is 0 Å². The van der Waals surface area contributed by atoms with Crippen molar-refractivity contribution in [3.05, 3.63) is 28.2 Å². The minimum absolute atomic E-state index is 0.479. The molecule has 1 aromatic rings. The summed E-state index contributed by atoms with van der Waals surface area (Å²) in [6.45, 7) is 1.11. The third-order valence-electron chi connectivity index (χ3n) is 1.59. The van der Waals surface area contributed by atoms with Gasteiger partial charge >= 0.3 is 0 Å². The molecule has 3 nitrogen and oxygen atoms in total. The van der Waals surface area contributed by atoms with Gasteiger partial charge in [0.25, 0.3) is 0 Å². The Hall–Kier alpha value is -0.480. The number of hydrogen-bond donors (Lipinski definition) is 1. The maximum absolute atomic E-state index is 5.88. The molecule has 0 unspecified atom stereocenters. The van der Waals surface area contributed by atoms with Crippen molar-refractivity contribution >= 4 is 23.2 Å². The zero-order valence-corrected chi connectivity index (χ0v) is 9.35. The van der Waals surface area contributed by atoms with E-state index in [0.717, 1.165) is 0 Å². The Kier molecular flexibility index (Phi) is 4.48. The van der Waals surface area contributed by atoms with E-state index in [4.69, 9.17) is 33.8 Å². The Morgan fingerprint density at radius 2 is 2.14 bits per heavy atom. The average Bonchev–Trinajstić information content (AvgIpc) is 2.10. The van der Waals surface area contributed by atoms with Crippen LogP contribution in [0.1, 0.15) is 0 Å². The van der Waals surface area contributed by atoms with Gasteiger partial charge in [-0.3, -0.25) is 5.84 Å². The molecule has 1 aromatic carbocycles. The monoisotopic (exact) mass is 234 g/mol. The lowest BCUT2D eigenvalue weighted by atomic mass is 10.3. The lowest BCUT2D eigenvalue weighted by Crippen LogP contribution is -2.30. The van der Waals surface area contributed by atoms with Gasteiger partial charge in [-0.1, -0.05) is 23.2 Å². The molecule has 78 valence electrons. The fourth-order valence-electron chi connectivity index (χ4n) is 0.887. The van der Waals surface area contributed by atoms with Crippen molar-refractivity contribution in [3.63, 3.8) is 0 Å². The van der Waals surface area contributed by atoms with E-state index in [1.807, 2.05) is 0 Å². The van der Waals surface area contributed by atoms with Crippen LogP contribution in [0.4, 0.5) is 0 Å². The smallest absolute Gasteiger partial charge is 0.139 e. The number of nitrogens with zero attached hydrogens (tertiary/aromatic N) is 1. The minimum Gasteiger partial charge on any atom is -0.491 e. The fourth-order valence-corrected chi connectivity index (χ4v) is 1.22. The Morgan fingerprint density at radius 3 is 2.79 bits per heavy atom. The molecule has 14 heavy (non-hydrogen) atoms. The van der Waals surface area contributed by atoms with Crippen LogP contribution in [0.5, 0.6) is 5.75 Å². The SMILES string of the molecule is CN(N)CCOc1cc(Cl)ccc1Cl. The summed E-state index contributed by atoms with van der Waals surface area (Å²) in [6, 6.07) is 5.09. The van der Waals surface area contributed by atoms with E-state index in [-0.39, 0.29) is 0 Å². The second-order valence-corrected chi connectivity index (χ2v) is 3.75. The largest absolute Gasteiger partial charge is 0.491 e. The molecule has 2 N–H and O–H groups in total.